The van der Waals surface area contributed by atoms with Crippen molar-refractivity contribution in [3.8, 4) is 0 Å². The van der Waals surface area contributed by atoms with Gasteiger partial charge < -0.3 is 20.9 Å². The second kappa shape index (κ2) is 4.47. The van der Waals surface area contributed by atoms with Gasteiger partial charge in [0.15, 0.2) is 0 Å². The quantitative estimate of drug-likeness (QED) is 0.655. The number of fused-ring (bicyclic) bond motifs is 1. The topological polar surface area (TPSA) is 87.6 Å². The number of hydrogen-bond acceptors (Lipinski definition) is 4. The molecule has 0 radical (unpaired) electrons. The molecule has 1 aliphatic carbocycles. The Labute approximate surface area is 89.1 Å². The highest BCUT2D eigenvalue weighted by Gasteiger charge is 2.44. The summed E-state index contributed by atoms with van der Waals surface area (Å²) in [6, 6.07) is 0.0353. The summed E-state index contributed by atoms with van der Waals surface area (Å²) in [5, 5.41) is 0. The van der Waals surface area contributed by atoms with E-state index in [0.29, 0.717) is 25.6 Å². The summed E-state index contributed by atoms with van der Waals surface area (Å²) in [5.41, 5.74) is 11.1. The van der Waals surface area contributed by atoms with Crippen LogP contribution in [0.4, 0.5) is 0 Å². The Bertz CT molecular complexity index is 247. The van der Waals surface area contributed by atoms with Crippen molar-refractivity contribution >= 4 is 5.91 Å². The number of hydrogen-bond donors (Lipinski definition) is 2. The zero-order valence-corrected chi connectivity index (χ0v) is 8.72. The van der Waals surface area contributed by atoms with Crippen LogP contribution in [0, 0.1) is 5.92 Å². The number of carbonyl (C=O) groups excluding carboxylic acids is 1. The molecule has 0 aromatic heterocycles. The molecule has 0 aromatic carbocycles. The highest BCUT2D eigenvalue weighted by Crippen LogP contribution is 2.35. The van der Waals surface area contributed by atoms with Crippen LogP contribution in [0.1, 0.15) is 19.3 Å². The normalized spacial score (nSPS) is 40.1. The maximum absolute atomic E-state index is 10.7. The molecule has 0 unspecified atom stereocenters. The van der Waals surface area contributed by atoms with Gasteiger partial charge in [-0.1, -0.05) is 0 Å². The van der Waals surface area contributed by atoms with Crippen LogP contribution in [0.3, 0.4) is 0 Å². The van der Waals surface area contributed by atoms with Crippen molar-refractivity contribution < 1.29 is 14.3 Å². The van der Waals surface area contributed by atoms with Gasteiger partial charge in [0.25, 0.3) is 0 Å². The molecule has 5 nitrogen and oxygen atoms in total. The Kier molecular flexibility index (Phi) is 3.23. The third kappa shape index (κ3) is 2.30. The molecule has 2 aliphatic rings. The molecule has 5 heteroatoms. The predicted molar refractivity (Wildman–Crippen MR) is 54.0 cm³/mol. The third-order valence-corrected chi connectivity index (χ3v) is 3.25. The van der Waals surface area contributed by atoms with E-state index in [9.17, 15) is 4.79 Å². The highest BCUT2D eigenvalue weighted by molar-refractivity contribution is 5.73. The van der Waals surface area contributed by atoms with Crippen LogP contribution in [-0.2, 0) is 14.3 Å². The zero-order chi connectivity index (χ0) is 10.8. The van der Waals surface area contributed by atoms with Crippen molar-refractivity contribution in [2.24, 2.45) is 17.4 Å². The third-order valence-electron chi connectivity index (χ3n) is 3.25. The summed E-state index contributed by atoms with van der Waals surface area (Å²) in [4.78, 5) is 10.7. The minimum absolute atomic E-state index is 0.0108. The van der Waals surface area contributed by atoms with Crippen molar-refractivity contribution in [3.63, 3.8) is 0 Å². The predicted octanol–water partition coefficient (Wildman–Crippen LogP) is -0.617. The van der Waals surface area contributed by atoms with E-state index in [2.05, 4.69) is 0 Å². The summed E-state index contributed by atoms with van der Waals surface area (Å²) in [6.07, 6.45) is 2.10. The molecule has 2 rings (SSSR count). The Morgan fingerprint density at radius 1 is 1.27 bits per heavy atom. The van der Waals surface area contributed by atoms with E-state index in [0.717, 1.165) is 12.8 Å². The molecule has 4 N–H and O–H groups in total. The Hall–Kier alpha value is -0.650. The first-order valence-electron chi connectivity index (χ1n) is 5.45. The van der Waals surface area contributed by atoms with Crippen LogP contribution in [0.5, 0.6) is 0 Å². The molecule has 0 bridgehead atoms. The first-order chi connectivity index (χ1) is 7.18. The summed E-state index contributed by atoms with van der Waals surface area (Å²) in [7, 11) is 0. The van der Waals surface area contributed by atoms with Gasteiger partial charge in [-0.3, -0.25) is 4.79 Å². The van der Waals surface area contributed by atoms with Gasteiger partial charge in [-0.05, 0) is 18.8 Å². The fourth-order valence-corrected chi connectivity index (χ4v) is 2.56. The second-order valence-corrected chi connectivity index (χ2v) is 4.34. The van der Waals surface area contributed by atoms with Gasteiger partial charge in [-0.15, -0.1) is 0 Å². The van der Waals surface area contributed by atoms with Gasteiger partial charge >= 0.3 is 0 Å². The lowest BCUT2D eigenvalue weighted by Gasteiger charge is -2.30. The van der Waals surface area contributed by atoms with E-state index in [1.54, 1.807) is 0 Å². The summed E-state index contributed by atoms with van der Waals surface area (Å²) in [6.45, 7) is 1.25. The fraction of sp³-hybridized carbons (Fsp3) is 0.900. The summed E-state index contributed by atoms with van der Waals surface area (Å²) in [5.74, 6) is 0.0570. The van der Waals surface area contributed by atoms with Gasteiger partial charge in [0.2, 0.25) is 5.91 Å². The number of ether oxygens (including phenoxy) is 2. The molecule has 2 fully saturated rings. The zero-order valence-electron chi connectivity index (χ0n) is 8.72. The number of rotatable bonds is 3. The largest absolute Gasteiger partial charge is 0.373 e. The van der Waals surface area contributed by atoms with Crippen LogP contribution >= 0.6 is 0 Å². The first kappa shape index (κ1) is 10.9. The number of carbonyl (C=O) groups is 1. The lowest BCUT2D eigenvalue weighted by atomic mass is 9.98. The molecule has 1 amide bonds. The molecule has 15 heavy (non-hydrogen) atoms. The average Bonchev–Trinajstić information content (AvgIpc) is 2.54. The minimum Gasteiger partial charge on any atom is -0.373 e. The maximum Gasteiger partial charge on any atom is 0.217 e. The van der Waals surface area contributed by atoms with Gasteiger partial charge in [0.05, 0.1) is 25.4 Å². The second-order valence-electron chi connectivity index (χ2n) is 4.34. The van der Waals surface area contributed by atoms with Gasteiger partial charge in [-0.2, -0.15) is 0 Å². The van der Waals surface area contributed by atoms with E-state index < -0.39 is 0 Å². The monoisotopic (exact) mass is 214 g/mol. The molecule has 0 aromatic rings. The van der Waals surface area contributed by atoms with Crippen LogP contribution < -0.4 is 11.5 Å². The Balaban J connectivity index is 1.92. The van der Waals surface area contributed by atoms with Crippen LogP contribution in [0.25, 0.3) is 0 Å². The molecule has 1 saturated carbocycles. The van der Waals surface area contributed by atoms with E-state index in [1.807, 2.05) is 0 Å². The molecule has 0 spiro atoms. The molecule has 1 saturated heterocycles. The van der Waals surface area contributed by atoms with Crippen molar-refractivity contribution in [1.82, 2.24) is 0 Å². The lowest BCUT2D eigenvalue weighted by molar-refractivity contribution is -0.141. The van der Waals surface area contributed by atoms with E-state index in [-0.39, 0.29) is 24.2 Å². The Morgan fingerprint density at radius 3 is 2.60 bits per heavy atom. The maximum atomic E-state index is 10.7. The van der Waals surface area contributed by atoms with Gasteiger partial charge in [0.1, 0.15) is 0 Å². The van der Waals surface area contributed by atoms with Crippen molar-refractivity contribution in [2.75, 3.05) is 13.2 Å². The fourth-order valence-electron chi connectivity index (χ4n) is 2.56. The molecule has 86 valence electrons. The van der Waals surface area contributed by atoms with E-state index >= 15 is 0 Å². The van der Waals surface area contributed by atoms with Crippen LogP contribution in [0.2, 0.25) is 0 Å². The molecule has 1 heterocycles. The number of primary amides is 1. The SMILES string of the molecule is NC(=O)CC[C@H]1C[C@@H](N)[C@@H]2OCCO[C@H]12. The molecule has 4 atom stereocenters. The Morgan fingerprint density at radius 2 is 1.93 bits per heavy atom. The molecular weight excluding hydrogens is 196 g/mol. The standard InChI is InChI=1S/C10H18N2O3/c11-7-5-6(1-2-8(12)13)9-10(7)15-4-3-14-9/h6-7,9-10H,1-5,11H2,(H2,12,13)/t6-,7+,9+,10-/m0/s1. The summed E-state index contributed by atoms with van der Waals surface area (Å²) >= 11 is 0. The average molecular weight is 214 g/mol. The van der Waals surface area contributed by atoms with Gasteiger partial charge in [0, 0.05) is 12.5 Å². The van der Waals surface area contributed by atoms with Crippen molar-refractivity contribution in [2.45, 2.75) is 37.5 Å². The highest BCUT2D eigenvalue weighted by atomic mass is 16.6. The van der Waals surface area contributed by atoms with Crippen LogP contribution in [-0.4, -0.2) is 37.4 Å². The molecule has 1 aliphatic heterocycles. The first-order valence-corrected chi connectivity index (χ1v) is 5.45. The number of nitrogens with two attached hydrogens (primary N) is 2. The molecular formula is C10H18N2O3. The van der Waals surface area contributed by atoms with E-state index in [4.69, 9.17) is 20.9 Å². The van der Waals surface area contributed by atoms with Crippen molar-refractivity contribution in [3.05, 3.63) is 0 Å². The van der Waals surface area contributed by atoms with Crippen LogP contribution in [0.15, 0.2) is 0 Å². The summed E-state index contributed by atoms with van der Waals surface area (Å²) < 4.78 is 11.2. The van der Waals surface area contributed by atoms with Gasteiger partial charge in [-0.25, -0.2) is 0 Å². The number of amides is 1. The smallest absolute Gasteiger partial charge is 0.217 e. The minimum atomic E-state index is -0.260. The van der Waals surface area contributed by atoms with E-state index in [1.165, 1.54) is 0 Å². The van der Waals surface area contributed by atoms with Crippen molar-refractivity contribution in [1.29, 1.82) is 0 Å². The lowest BCUT2D eigenvalue weighted by Crippen LogP contribution is -2.44.